The number of hydrogen-bond acceptors (Lipinski definition) is 6. The third kappa shape index (κ3) is 8.13. The average Bonchev–Trinajstić information content (AvgIpc) is 2.46. The molecular weight excluding hydrogens is 332 g/mol. The van der Waals surface area contributed by atoms with E-state index in [2.05, 4.69) is 0 Å². The molecule has 0 fully saturated rings. The monoisotopic (exact) mass is 354 g/mol. The van der Waals surface area contributed by atoms with Gasteiger partial charge in [-0.25, -0.2) is 0 Å². The van der Waals surface area contributed by atoms with Crippen LogP contribution in [-0.4, -0.2) is 80.9 Å². The first-order chi connectivity index (χ1) is 11.7. The molecule has 138 valence electrons. The summed E-state index contributed by atoms with van der Waals surface area (Å²) in [6.45, 7) is 0.964. The number of aromatic hydroxyl groups is 1. The lowest BCUT2D eigenvalue weighted by Crippen LogP contribution is -2.41. The van der Waals surface area contributed by atoms with E-state index in [0.29, 0.717) is 5.56 Å². The normalized spacial score (nSPS) is 11.0. The Labute approximate surface area is 144 Å². The lowest BCUT2D eigenvalue weighted by atomic mass is 10.1. The van der Waals surface area contributed by atoms with Crippen molar-refractivity contribution in [2.75, 3.05) is 32.7 Å². The topological polar surface area (TPSA) is 139 Å². The van der Waals surface area contributed by atoms with Crippen molar-refractivity contribution in [2.45, 2.75) is 13.5 Å². The van der Waals surface area contributed by atoms with E-state index in [4.69, 9.17) is 15.3 Å². The maximum absolute atomic E-state index is 11.0. The van der Waals surface area contributed by atoms with Gasteiger partial charge in [0.1, 0.15) is 5.75 Å². The van der Waals surface area contributed by atoms with Crippen molar-refractivity contribution in [3.63, 3.8) is 0 Å². The zero-order valence-corrected chi connectivity index (χ0v) is 13.9. The predicted octanol–water partition coefficient (Wildman–Crippen LogP) is 0.0584. The number of hydrogen-bond donors (Lipinski definition) is 4. The summed E-state index contributed by atoms with van der Waals surface area (Å²) in [6, 6.07) is 4.98. The molecule has 0 aromatic heterocycles. The van der Waals surface area contributed by atoms with E-state index < -0.39 is 31.0 Å². The van der Waals surface area contributed by atoms with Crippen LogP contribution in [0.3, 0.4) is 0 Å². The Morgan fingerprint density at radius 3 is 1.88 bits per heavy atom. The molecule has 0 saturated carbocycles. The minimum atomic E-state index is -1.16. The number of carbonyl (C=O) groups is 3. The number of benzene rings is 1. The van der Waals surface area contributed by atoms with Crippen LogP contribution < -0.4 is 0 Å². The highest BCUT2D eigenvalue weighted by atomic mass is 16.4. The fraction of sp³-hybridized carbons (Fsp3) is 0.438. The van der Waals surface area contributed by atoms with Crippen LogP contribution in [0.1, 0.15) is 11.1 Å². The van der Waals surface area contributed by atoms with Gasteiger partial charge in [0.25, 0.3) is 0 Å². The standard InChI is InChI=1S/C16H22N2O7/c1-11-2-3-13(19)12(6-11)7-17(8-14(20)21)4-5-18(9-15(22)23)10-16(24)25/h2-3,6,19H,4-5,7-10H2,1H3,(H,20,21)(H,22,23)(H,24,25). The summed E-state index contributed by atoms with van der Waals surface area (Å²) in [5, 5.41) is 36.6. The molecule has 9 nitrogen and oxygen atoms in total. The van der Waals surface area contributed by atoms with E-state index in [1.165, 1.54) is 15.9 Å². The number of rotatable bonds is 11. The summed E-state index contributed by atoms with van der Waals surface area (Å²) in [5.41, 5.74) is 1.45. The molecule has 4 N–H and O–H groups in total. The van der Waals surface area contributed by atoms with Crippen LogP contribution in [0.25, 0.3) is 0 Å². The number of aliphatic carboxylic acids is 3. The van der Waals surface area contributed by atoms with Gasteiger partial charge in [0, 0.05) is 25.2 Å². The van der Waals surface area contributed by atoms with E-state index in [0.717, 1.165) is 5.56 Å². The molecule has 0 unspecified atom stereocenters. The van der Waals surface area contributed by atoms with Gasteiger partial charge in [-0.05, 0) is 13.0 Å². The van der Waals surface area contributed by atoms with Gasteiger partial charge in [-0.15, -0.1) is 0 Å². The van der Waals surface area contributed by atoms with Crippen molar-refractivity contribution in [1.82, 2.24) is 9.80 Å². The van der Waals surface area contributed by atoms with Gasteiger partial charge in [-0.1, -0.05) is 17.7 Å². The van der Waals surface area contributed by atoms with Crippen molar-refractivity contribution in [3.05, 3.63) is 29.3 Å². The Hall–Kier alpha value is -2.65. The van der Waals surface area contributed by atoms with Gasteiger partial charge in [-0.2, -0.15) is 0 Å². The highest BCUT2D eigenvalue weighted by Gasteiger charge is 2.17. The number of aryl methyl sites for hydroxylation is 1. The summed E-state index contributed by atoms with van der Waals surface area (Å²) in [4.78, 5) is 35.4. The number of phenolic OH excluding ortho intramolecular Hbond substituents is 1. The molecule has 0 spiro atoms. The molecule has 0 saturated heterocycles. The van der Waals surface area contributed by atoms with Crippen molar-refractivity contribution in [1.29, 1.82) is 0 Å². The number of nitrogens with zero attached hydrogens (tertiary/aromatic N) is 2. The van der Waals surface area contributed by atoms with E-state index in [9.17, 15) is 19.5 Å². The Morgan fingerprint density at radius 2 is 1.36 bits per heavy atom. The van der Waals surface area contributed by atoms with Crippen LogP contribution in [0.5, 0.6) is 5.75 Å². The second-order valence-electron chi connectivity index (χ2n) is 5.73. The van der Waals surface area contributed by atoms with Gasteiger partial charge in [0.15, 0.2) is 0 Å². The van der Waals surface area contributed by atoms with Crippen LogP contribution in [0.2, 0.25) is 0 Å². The molecule has 0 radical (unpaired) electrons. The first kappa shape index (κ1) is 20.4. The summed E-state index contributed by atoms with van der Waals surface area (Å²) in [5.74, 6) is -3.37. The highest BCUT2D eigenvalue weighted by Crippen LogP contribution is 2.20. The molecule has 0 atom stereocenters. The van der Waals surface area contributed by atoms with E-state index in [1.54, 1.807) is 12.1 Å². The third-order valence-corrected chi connectivity index (χ3v) is 3.44. The molecule has 1 rings (SSSR count). The largest absolute Gasteiger partial charge is 0.508 e. The van der Waals surface area contributed by atoms with Gasteiger partial charge < -0.3 is 20.4 Å². The van der Waals surface area contributed by atoms with Crippen LogP contribution >= 0.6 is 0 Å². The maximum atomic E-state index is 11.0. The van der Waals surface area contributed by atoms with Gasteiger partial charge in [-0.3, -0.25) is 24.2 Å². The zero-order valence-electron chi connectivity index (χ0n) is 13.9. The van der Waals surface area contributed by atoms with E-state index >= 15 is 0 Å². The van der Waals surface area contributed by atoms with Gasteiger partial charge in [0.05, 0.1) is 19.6 Å². The molecule has 1 aromatic carbocycles. The minimum absolute atomic E-state index is 0.0360. The number of phenols is 1. The fourth-order valence-electron chi connectivity index (χ4n) is 2.37. The minimum Gasteiger partial charge on any atom is -0.508 e. The number of carboxylic acid groups (broad SMARTS) is 3. The first-order valence-corrected chi connectivity index (χ1v) is 7.56. The van der Waals surface area contributed by atoms with Crippen LogP contribution in [0.4, 0.5) is 0 Å². The van der Waals surface area contributed by atoms with Gasteiger partial charge >= 0.3 is 17.9 Å². The van der Waals surface area contributed by atoms with Gasteiger partial charge in [0.2, 0.25) is 0 Å². The molecule has 25 heavy (non-hydrogen) atoms. The molecule has 0 aliphatic heterocycles. The SMILES string of the molecule is Cc1ccc(O)c(CN(CCN(CC(=O)O)CC(=O)O)CC(=O)O)c1. The summed E-state index contributed by atoms with van der Waals surface area (Å²) in [7, 11) is 0. The maximum Gasteiger partial charge on any atom is 0.317 e. The van der Waals surface area contributed by atoms with Crippen LogP contribution in [0, 0.1) is 6.92 Å². The molecule has 0 aliphatic rings. The van der Waals surface area contributed by atoms with Crippen LogP contribution in [-0.2, 0) is 20.9 Å². The van der Waals surface area contributed by atoms with E-state index in [1.807, 2.05) is 6.92 Å². The molecular formula is C16H22N2O7. The molecule has 0 heterocycles. The molecule has 0 bridgehead atoms. The summed E-state index contributed by atoms with van der Waals surface area (Å²) in [6.07, 6.45) is 0. The Bertz CT molecular complexity index is 617. The average molecular weight is 354 g/mol. The quantitative estimate of drug-likeness (QED) is 0.434. The van der Waals surface area contributed by atoms with E-state index in [-0.39, 0.29) is 31.9 Å². The first-order valence-electron chi connectivity index (χ1n) is 7.56. The fourth-order valence-corrected chi connectivity index (χ4v) is 2.37. The molecule has 0 amide bonds. The zero-order chi connectivity index (χ0) is 19.0. The lowest BCUT2D eigenvalue weighted by molar-refractivity contribution is -0.143. The Morgan fingerprint density at radius 1 is 0.880 bits per heavy atom. The number of carboxylic acids is 3. The second kappa shape index (κ2) is 9.60. The third-order valence-electron chi connectivity index (χ3n) is 3.44. The summed E-state index contributed by atoms with van der Waals surface area (Å²) < 4.78 is 0. The van der Waals surface area contributed by atoms with Crippen molar-refractivity contribution >= 4 is 17.9 Å². The van der Waals surface area contributed by atoms with Crippen molar-refractivity contribution in [2.24, 2.45) is 0 Å². The highest BCUT2D eigenvalue weighted by molar-refractivity contribution is 5.72. The second-order valence-corrected chi connectivity index (χ2v) is 5.73. The Balaban J connectivity index is 2.80. The predicted molar refractivity (Wildman–Crippen MR) is 87.5 cm³/mol. The molecule has 1 aromatic rings. The molecule has 9 heteroatoms. The summed E-state index contributed by atoms with van der Waals surface area (Å²) >= 11 is 0. The Kier molecular flexibility index (Phi) is 7.83. The van der Waals surface area contributed by atoms with Crippen LogP contribution in [0.15, 0.2) is 18.2 Å². The molecule has 0 aliphatic carbocycles. The lowest BCUT2D eigenvalue weighted by Gasteiger charge is -2.25. The van der Waals surface area contributed by atoms with Crippen molar-refractivity contribution in [3.8, 4) is 5.75 Å². The van der Waals surface area contributed by atoms with Crippen molar-refractivity contribution < 1.29 is 34.8 Å². The smallest absolute Gasteiger partial charge is 0.317 e.